The van der Waals surface area contributed by atoms with Crippen LogP contribution in [0, 0.1) is 0 Å². The number of hydrogen-bond acceptors (Lipinski definition) is 6. The zero-order valence-electron chi connectivity index (χ0n) is 36.3. The molecule has 0 heterocycles. The molecule has 320 valence electrons. The predicted molar refractivity (Wildman–Crippen MR) is 242 cm³/mol. The van der Waals surface area contributed by atoms with Gasteiger partial charge in [-0.25, -0.2) is 0 Å². The van der Waals surface area contributed by atoms with Gasteiger partial charge in [0.05, 0.1) is 0 Å². The van der Waals surface area contributed by atoms with Crippen molar-refractivity contribution in [1.29, 1.82) is 0 Å². The van der Waals surface area contributed by atoms with Crippen LogP contribution in [0.15, 0.2) is 109 Å². The van der Waals surface area contributed by atoms with Crippen LogP contribution in [0.25, 0.3) is 0 Å². The van der Waals surface area contributed by atoms with Crippen molar-refractivity contribution in [3.63, 3.8) is 0 Å². The van der Waals surface area contributed by atoms with Gasteiger partial charge in [-0.05, 0) is 109 Å². The van der Waals surface area contributed by atoms with Crippen LogP contribution in [0.1, 0.15) is 175 Å². The molecule has 0 spiro atoms. The van der Waals surface area contributed by atoms with Crippen molar-refractivity contribution in [3.8, 4) is 0 Å². The van der Waals surface area contributed by atoms with Crippen molar-refractivity contribution in [3.05, 3.63) is 109 Å². The molecule has 0 saturated carbocycles. The van der Waals surface area contributed by atoms with Crippen LogP contribution in [0.2, 0.25) is 0 Å². The quantitative estimate of drug-likeness (QED) is 0.0268. The Labute approximate surface area is 349 Å². The normalized spacial score (nSPS) is 13.1. The summed E-state index contributed by atoms with van der Waals surface area (Å²) in [5.74, 6) is -1.03. The second kappa shape index (κ2) is 44.8. The number of hydrogen-bond donors (Lipinski definition) is 0. The topological polar surface area (TPSA) is 78.9 Å². The molecular formula is C51H80O6. The number of carbonyl (C=O) groups is 3. The first-order valence-corrected chi connectivity index (χ1v) is 22.4. The van der Waals surface area contributed by atoms with E-state index in [1.165, 1.54) is 0 Å². The number of esters is 3. The molecule has 0 fully saturated rings. The van der Waals surface area contributed by atoms with Crippen LogP contribution in [0.5, 0.6) is 0 Å². The molecule has 0 aromatic heterocycles. The van der Waals surface area contributed by atoms with E-state index in [1.807, 2.05) is 0 Å². The first-order chi connectivity index (χ1) is 28.0. The second-order valence-corrected chi connectivity index (χ2v) is 14.2. The lowest BCUT2D eigenvalue weighted by Crippen LogP contribution is -2.30. The molecule has 1 atom stereocenters. The maximum absolute atomic E-state index is 12.7. The summed E-state index contributed by atoms with van der Waals surface area (Å²) in [5, 5.41) is 0. The fourth-order valence-corrected chi connectivity index (χ4v) is 5.49. The van der Waals surface area contributed by atoms with Gasteiger partial charge >= 0.3 is 17.9 Å². The lowest BCUT2D eigenvalue weighted by molar-refractivity contribution is -0.167. The molecule has 0 radical (unpaired) electrons. The predicted octanol–water partition coefficient (Wildman–Crippen LogP) is 14.4. The van der Waals surface area contributed by atoms with E-state index in [1.54, 1.807) is 0 Å². The average molecular weight is 789 g/mol. The van der Waals surface area contributed by atoms with Crippen LogP contribution in [0.3, 0.4) is 0 Å². The Kier molecular flexibility index (Phi) is 41.7. The third kappa shape index (κ3) is 43.0. The van der Waals surface area contributed by atoms with E-state index in [0.29, 0.717) is 12.8 Å². The van der Waals surface area contributed by atoms with Gasteiger partial charge in [-0.3, -0.25) is 14.4 Å². The van der Waals surface area contributed by atoms with E-state index in [-0.39, 0.29) is 44.0 Å². The Morgan fingerprint density at radius 2 is 0.649 bits per heavy atom. The van der Waals surface area contributed by atoms with Gasteiger partial charge in [-0.15, -0.1) is 0 Å². The molecule has 6 nitrogen and oxygen atoms in total. The average Bonchev–Trinajstić information content (AvgIpc) is 3.21. The minimum absolute atomic E-state index is 0.119. The smallest absolute Gasteiger partial charge is 0.306 e. The zero-order chi connectivity index (χ0) is 41.5. The van der Waals surface area contributed by atoms with Crippen molar-refractivity contribution in [1.82, 2.24) is 0 Å². The molecule has 0 aromatic rings. The molecule has 0 amide bonds. The van der Waals surface area contributed by atoms with Gasteiger partial charge in [-0.2, -0.15) is 0 Å². The van der Waals surface area contributed by atoms with Crippen molar-refractivity contribution in [2.45, 2.75) is 181 Å². The molecule has 0 aromatic carbocycles. The van der Waals surface area contributed by atoms with E-state index >= 15 is 0 Å². The number of carbonyl (C=O) groups excluding carboxylic acids is 3. The highest BCUT2D eigenvalue weighted by Gasteiger charge is 2.19. The number of ether oxygens (including phenoxy) is 3. The summed E-state index contributed by atoms with van der Waals surface area (Å²) in [7, 11) is 0. The minimum atomic E-state index is -0.818. The van der Waals surface area contributed by atoms with E-state index in [4.69, 9.17) is 14.2 Å². The van der Waals surface area contributed by atoms with Gasteiger partial charge in [0.2, 0.25) is 0 Å². The monoisotopic (exact) mass is 789 g/mol. The largest absolute Gasteiger partial charge is 0.462 e. The number of allylic oxidation sites excluding steroid dienone is 18. The summed E-state index contributed by atoms with van der Waals surface area (Å²) in [4.78, 5) is 37.7. The van der Waals surface area contributed by atoms with Crippen LogP contribution in [-0.2, 0) is 28.6 Å². The van der Waals surface area contributed by atoms with Gasteiger partial charge < -0.3 is 14.2 Å². The first-order valence-electron chi connectivity index (χ1n) is 22.4. The molecule has 0 aliphatic rings. The molecule has 57 heavy (non-hydrogen) atoms. The Morgan fingerprint density at radius 3 is 1.07 bits per heavy atom. The molecule has 0 N–H and O–H groups in total. The lowest BCUT2D eigenvalue weighted by Gasteiger charge is -2.18. The van der Waals surface area contributed by atoms with Crippen LogP contribution < -0.4 is 0 Å². The Bertz CT molecular complexity index is 1230. The minimum Gasteiger partial charge on any atom is -0.462 e. The van der Waals surface area contributed by atoms with Gasteiger partial charge in [0.15, 0.2) is 6.10 Å². The van der Waals surface area contributed by atoms with Crippen molar-refractivity contribution < 1.29 is 28.6 Å². The summed E-state index contributed by atoms with van der Waals surface area (Å²) in [5.41, 5.74) is 0. The van der Waals surface area contributed by atoms with Crippen LogP contribution in [0.4, 0.5) is 0 Å². The van der Waals surface area contributed by atoms with Crippen LogP contribution >= 0.6 is 0 Å². The molecule has 0 bridgehead atoms. The highest BCUT2D eigenvalue weighted by molar-refractivity contribution is 5.71. The number of unbranched alkanes of at least 4 members (excludes halogenated alkanes) is 9. The molecule has 6 heteroatoms. The van der Waals surface area contributed by atoms with E-state index in [2.05, 4.69) is 130 Å². The Hall–Kier alpha value is -3.93. The zero-order valence-corrected chi connectivity index (χ0v) is 36.3. The van der Waals surface area contributed by atoms with E-state index < -0.39 is 6.10 Å². The Morgan fingerprint density at radius 1 is 0.351 bits per heavy atom. The van der Waals surface area contributed by atoms with Gasteiger partial charge in [0.1, 0.15) is 13.2 Å². The summed E-state index contributed by atoms with van der Waals surface area (Å²) < 4.78 is 16.6. The SMILES string of the molecule is CC/C=C\C/C=C\C/C=C\C/C=C\CCCCCC(=O)OCC(COC(=O)CCC/C=C\C/C=C\C/C=C\CC)OC(=O)CCCCCCC/C=C\C/C=C\CC. The van der Waals surface area contributed by atoms with E-state index in [9.17, 15) is 14.4 Å². The van der Waals surface area contributed by atoms with Gasteiger partial charge in [0, 0.05) is 19.3 Å². The third-order valence-electron chi connectivity index (χ3n) is 8.75. The third-order valence-corrected chi connectivity index (χ3v) is 8.75. The summed E-state index contributed by atoms with van der Waals surface area (Å²) in [6, 6.07) is 0. The van der Waals surface area contributed by atoms with Gasteiger partial charge in [-0.1, -0.05) is 156 Å². The van der Waals surface area contributed by atoms with Gasteiger partial charge in [0.25, 0.3) is 0 Å². The highest BCUT2D eigenvalue weighted by Crippen LogP contribution is 2.11. The summed E-state index contributed by atoms with van der Waals surface area (Å²) >= 11 is 0. The van der Waals surface area contributed by atoms with Crippen molar-refractivity contribution >= 4 is 17.9 Å². The molecule has 0 saturated heterocycles. The molecular weight excluding hydrogens is 709 g/mol. The van der Waals surface area contributed by atoms with Crippen LogP contribution in [-0.4, -0.2) is 37.2 Å². The molecule has 0 rings (SSSR count). The Balaban J connectivity index is 4.53. The molecule has 1 unspecified atom stereocenters. The first kappa shape index (κ1) is 53.1. The molecule has 0 aliphatic heterocycles. The fraction of sp³-hybridized carbons (Fsp3) is 0.588. The maximum Gasteiger partial charge on any atom is 0.306 e. The number of rotatable bonds is 38. The van der Waals surface area contributed by atoms with Crippen molar-refractivity contribution in [2.75, 3.05) is 13.2 Å². The van der Waals surface area contributed by atoms with E-state index in [0.717, 1.165) is 128 Å². The second-order valence-electron chi connectivity index (χ2n) is 14.2. The standard InChI is InChI=1S/C51H80O6/c1-4-7-10-13-16-19-22-24-25-26-27-30-32-35-38-41-44-50(53)56-47-48(46-55-49(52)43-40-37-34-31-28-21-18-15-12-9-6-3)57-51(54)45-42-39-36-33-29-23-20-17-14-11-8-5-2/h7-12,16-21,24-25,27,30-31,34,48H,4-6,13-15,22-23,26,28-29,32-33,35-47H2,1-3H3/b10-7-,11-8-,12-9-,19-16-,20-17-,21-18-,25-24-,30-27-,34-31-. The highest BCUT2D eigenvalue weighted by atomic mass is 16.6. The maximum atomic E-state index is 12.7. The van der Waals surface area contributed by atoms with Crippen molar-refractivity contribution in [2.24, 2.45) is 0 Å². The lowest BCUT2D eigenvalue weighted by atomic mass is 10.1. The molecule has 0 aliphatic carbocycles. The summed E-state index contributed by atoms with van der Waals surface area (Å²) in [6.07, 6.45) is 59.4. The summed E-state index contributed by atoms with van der Waals surface area (Å²) in [6.45, 7) is 6.17. The fourth-order valence-electron chi connectivity index (χ4n) is 5.49.